The van der Waals surface area contributed by atoms with Crippen LogP contribution in [0.15, 0.2) is 40.7 Å². The number of thiazole rings is 1. The van der Waals surface area contributed by atoms with Crippen LogP contribution in [0.3, 0.4) is 0 Å². The van der Waals surface area contributed by atoms with Crippen molar-refractivity contribution >= 4 is 21.2 Å². The molecule has 0 saturated heterocycles. The van der Waals surface area contributed by atoms with Gasteiger partial charge >= 0.3 is 0 Å². The maximum atomic E-state index is 11.4. The number of hydrogen-bond donors (Lipinski definition) is 0. The maximum absolute atomic E-state index is 11.4. The lowest BCUT2D eigenvalue weighted by atomic mass is 10.2. The molecule has 0 aliphatic rings. The van der Waals surface area contributed by atoms with Crippen LogP contribution in [0.5, 0.6) is 0 Å². The van der Waals surface area contributed by atoms with Crippen molar-refractivity contribution in [2.75, 3.05) is 13.3 Å². The molecule has 20 heavy (non-hydrogen) atoms. The van der Waals surface area contributed by atoms with Crippen LogP contribution in [0.25, 0.3) is 0 Å². The van der Waals surface area contributed by atoms with Crippen molar-refractivity contribution in [3.63, 3.8) is 0 Å². The van der Waals surface area contributed by atoms with Crippen LogP contribution in [-0.2, 0) is 16.4 Å². The van der Waals surface area contributed by atoms with Gasteiger partial charge < -0.3 is 0 Å². The van der Waals surface area contributed by atoms with E-state index in [1.54, 1.807) is 23.5 Å². The summed E-state index contributed by atoms with van der Waals surface area (Å²) in [6.45, 7) is 2.87. The van der Waals surface area contributed by atoms with E-state index in [-0.39, 0.29) is 6.04 Å². The van der Waals surface area contributed by atoms with Crippen molar-refractivity contribution in [2.24, 2.45) is 0 Å². The van der Waals surface area contributed by atoms with E-state index >= 15 is 0 Å². The molecule has 0 unspecified atom stereocenters. The van der Waals surface area contributed by atoms with Crippen LogP contribution in [0.1, 0.15) is 23.5 Å². The molecule has 0 radical (unpaired) electrons. The normalized spacial score (nSPS) is 13.6. The highest BCUT2D eigenvalue weighted by Crippen LogP contribution is 2.22. The molecule has 1 aromatic carbocycles. The molecule has 0 N–H and O–H groups in total. The molecule has 6 heteroatoms. The largest absolute Gasteiger partial charge is 0.293 e. The maximum Gasteiger partial charge on any atom is 0.175 e. The Morgan fingerprint density at radius 1 is 1.30 bits per heavy atom. The van der Waals surface area contributed by atoms with E-state index in [1.165, 1.54) is 6.26 Å². The Balaban J connectivity index is 2.07. The Morgan fingerprint density at radius 3 is 2.45 bits per heavy atom. The summed E-state index contributed by atoms with van der Waals surface area (Å²) in [4.78, 5) is 6.87. The summed E-state index contributed by atoms with van der Waals surface area (Å²) in [6.07, 6.45) is 3.03. The Bertz CT molecular complexity index is 649. The second kappa shape index (κ2) is 6.03. The molecule has 2 aromatic rings. The Labute approximate surface area is 124 Å². The SMILES string of the molecule is C[C@H](c1nccs1)N(C)Cc1ccc(S(C)(=O)=O)cc1. The Kier molecular flexibility index (Phi) is 4.57. The molecule has 1 atom stereocenters. The van der Waals surface area contributed by atoms with Gasteiger partial charge in [0.1, 0.15) is 5.01 Å². The number of aromatic nitrogens is 1. The molecule has 0 bridgehead atoms. The first-order valence-corrected chi connectivity index (χ1v) is 9.03. The van der Waals surface area contributed by atoms with E-state index in [2.05, 4.69) is 16.8 Å². The lowest BCUT2D eigenvalue weighted by Crippen LogP contribution is -2.21. The number of rotatable bonds is 5. The summed E-state index contributed by atoms with van der Waals surface area (Å²) in [5, 5.41) is 3.06. The second-order valence-corrected chi connectivity index (χ2v) is 7.82. The summed E-state index contributed by atoms with van der Waals surface area (Å²) >= 11 is 1.64. The molecule has 0 fully saturated rings. The molecule has 1 heterocycles. The fourth-order valence-electron chi connectivity index (χ4n) is 1.90. The third-order valence-electron chi connectivity index (χ3n) is 3.25. The third kappa shape index (κ3) is 3.65. The van der Waals surface area contributed by atoms with Gasteiger partial charge in [-0.2, -0.15) is 0 Å². The van der Waals surface area contributed by atoms with Crippen molar-refractivity contribution in [1.82, 2.24) is 9.88 Å². The molecule has 0 aliphatic heterocycles. The lowest BCUT2D eigenvalue weighted by molar-refractivity contribution is 0.252. The fraction of sp³-hybridized carbons (Fsp3) is 0.357. The molecule has 0 aliphatic carbocycles. The molecule has 4 nitrogen and oxygen atoms in total. The first kappa shape index (κ1) is 15.2. The van der Waals surface area contributed by atoms with Gasteiger partial charge in [0.05, 0.1) is 10.9 Å². The Morgan fingerprint density at radius 2 is 1.95 bits per heavy atom. The van der Waals surface area contributed by atoms with Crippen LogP contribution in [0, 0.1) is 0 Å². The van der Waals surface area contributed by atoms with Gasteiger partial charge in [-0.05, 0) is 31.7 Å². The van der Waals surface area contributed by atoms with E-state index in [9.17, 15) is 8.42 Å². The van der Waals surface area contributed by atoms with E-state index in [0.29, 0.717) is 4.90 Å². The van der Waals surface area contributed by atoms with Gasteiger partial charge in [0, 0.05) is 24.4 Å². The van der Waals surface area contributed by atoms with Gasteiger partial charge in [0.2, 0.25) is 0 Å². The molecule has 108 valence electrons. The summed E-state index contributed by atoms with van der Waals surface area (Å²) < 4.78 is 22.8. The number of hydrogen-bond acceptors (Lipinski definition) is 5. The zero-order chi connectivity index (χ0) is 14.8. The topological polar surface area (TPSA) is 50.3 Å². The van der Waals surface area contributed by atoms with E-state index in [1.807, 2.05) is 30.8 Å². The van der Waals surface area contributed by atoms with E-state index in [4.69, 9.17) is 0 Å². The number of benzene rings is 1. The van der Waals surface area contributed by atoms with Gasteiger partial charge in [0.25, 0.3) is 0 Å². The minimum atomic E-state index is -3.12. The summed E-state index contributed by atoms with van der Waals surface area (Å²) in [7, 11) is -1.08. The lowest BCUT2D eigenvalue weighted by Gasteiger charge is -2.23. The van der Waals surface area contributed by atoms with Crippen molar-refractivity contribution < 1.29 is 8.42 Å². The predicted octanol–water partition coefficient (Wildman–Crippen LogP) is 2.74. The van der Waals surface area contributed by atoms with E-state index in [0.717, 1.165) is 17.1 Å². The minimum absolute atomic E-state index is 0.240. The van der Waals surface area contributed by atoms with E-state index < -0.39 is 9.84 Å². The minimum Gasteiger partial charge on any atom is -0.293 e. The average Bonchev–Trinajstić information content (AvgIpc) is 2.91. The highest BCUT2D eigenvalue weighted by molar-refractivity contribution is 7.90. The predicted molar refractivity (Wildman–Crippen MR) is 81.5 cm³/mol. The van der Waals surface area contributed by atoms with Crippen LogP contribution >= 0.6 is 11.3 Å². The van der Waals surface area contributed by atoms with Gasteiger partial charge in [-0.3, -0.25) is 4.90 Å². The van der Waals surface area contributed by atoms with Gasteiger partial charge in [-0.1, -0.05) is 12.1 Å². The molecule has 1 aromatic heterocycles. The van der Waals surface area contributed by atoms with Gasteiger partial charge in [-0.25, -0.2) is 13.4 Å². The van der Waals surface area contributed by atoms with Crippen LogP contribution in [-0.4, -0.2) is 31.6 Å². The smallest absolute Gasteiger partial charge is 0.175 e. The summed E-state index contributed by atoms with van der Waals surface area (Å²) in [6, 6.07) is 7.28. The van der Waals surface area contributed by atoms with Gasteiger partial charge in [0.15, 0.2) is 9.84 Å². The van der Waals surface area contributed by atoms with Crippen LogP contribution < -0.4 is 0 Å². The molecule has 0 amide bonds. The molecular weight excluding hydrogens is 292 g/mol. The zero-order valence-corrected chi connectivity index (χ0v) is 13.4. The fourth-order valence-corrected chi connectivity index (χ4v) is 3.29. The van der Waals surface area contributed by atoms with Crippen molar-refractivity contribution in [2.45, 2.75) is 24.4 Å². The monoisotopic (exact) mass is 310 g/mol. The average molecular weight is 310 g/mol. The first-order chi connectivity index (χ1) is 9.38. The molecule has 2 rings (SSSR count). The highest BCUT2D eigenvalue weighted by atomic mass is 32.2. The zero-order valence-electron chi connectivity index (χ0n) is 11.8. The summed E-state index contributed by atoms with van der Waals surface area (Å²) in [5.74, 6) is 0. The van der Waals surface area contributed by atoms with Crippen molar-refractivity contribution in [1.29, 1.82) is 0 Å². The quantitative estimate of drug-likeness (QED) is 0.852. The highest BCUT2D eigenvalue weighted by Gasteiger charge is 2.14. The van der Waals surface area contributed by atoms with Crippen LogP contribution in [0.2, 0.25) is 0 Å². The number of sulfone groups is 1. The molecule has 0 saturated carbocycles. The van der Waals surface area contributed by atoms with Crippen molar-refractivity contribution in [3.05, 3.63) is 46.4 Å². The number of nitrogens with zero attached hydrogens (tertiary/aromatic N) is 2. The second-order valence-electron chi connectivity index (χ2n) is 4.88. The standard InChI is InChI=1S/C14H18N2O2S2/c1-11(14-15-8-9-19-14)16(2)10-12-4-6-13(7-5-12)20(3,17)18/h4-9,11H,10H2,1-3H3/t11-/m1/s1. The van der Waals surface area contributed by atoms with Crippen molar-refractivity contribution in [3.8, 4) is 0 Å². The van der Waals surface area contributed by atoms with Crippen LogP contribution in [0.4, 0.5) is 0 Å². The third-order valence-corrected chi connectivity index (χ3v) is 5.33. The van der Waals surface area contributed by atoms with Gasteiger partial charge in [-0.15, -0.1) is 11.3 Å². The molecule has 0 spiro atoms. The molecular formula is C14H18N2O2S2. The first-order valence-electron chi connectivity index (χ1n) is 6.26. The summed E-state index contributed by atoms with van der Waals surface area (Å²) in [5.41, 5.74) is 1.09. The Hall–Kier alpha value is -1.24.